The molecule has 1 N–H and O–H groups in total. The molecule has 0 unspecified atom stereocenters. The number of rotatable bonds is 12. The van der Waals surface area contributed by atoms with E-state index >= 15 is 0 Å². The Morgan fingerprint density at radius 3 is 1.79 bits per heavy atom. The molecule has 0 saturated carbocycles. The van der Waals surface area contributed by atoms with Gasteiger partial charge in [0, 0.05) is 12.0 Å². The standard InChI is InChI=1S/C33H36O5.Cr/c1-8-11-24-14-22(2)16-28(32(24)37-6)18-26-20-30(36-5)21-27(31(26)34)19-29-17-23(3)15-25(33(29)38-7)12-9-10-13-35-4;/h1,9-10,14-17,20-21,34H,11-12,18-19H2,2-7H3;/b10-9+;. The van der Waals surface area contributed by atoms with Gasteiger partial charge >= 0.3 is 162 Å². The topological polar surface area (TPSA) is 57.2 Å². The van der Waals surface area contributed by atoms with E-state index in [0.717, 1.165) is 56.0 Å². The molecular weight excluding hydrogens is 528 g/mol. The normalized spacial score (nSPS) is 10.9. The van der Waals surface area contributed by atoms with Crippen molar-refractivity contribution in [2.24, 2.45) is 0 Å². The summed E-state index contributed by atoms with van der Waals surface area (Å²) in [6, 6.07) is 12.1. The van der Waals surface area contributed by atoms with Gasteiger partial charge in [-0.3, -0.25) is 0 Å². The molecule has 0 fully saturated rings. The molecular formula is C33H36CrO5. The molecule has 0 radical (unpaired) electrons. The van der Waals surface area contributed by atoms with Gasteiger partial charge in [-0.15, -0.1) is 12.3 Å². The van der Waals surface area contributed by atoms with E-state index in [1.54, 1.807) is 28.4 Å². The number of hydrogen-bond acceptors (Lipinski definition) is 5. The van der Waals surface area contributed by atoms with E-state index < -0.39 is 0 Å². The van der Waals surface area contributed by atoms with Crippen LogP contribution in [0, 0.1) is 26.2 Å². The van der Waals surface area contributed by atoms with Crippen LogP contribution in [0.15, 0.2) is 48.6 Å². The molecule has 5 nitrogen and oxygen atoms in total. The summed E-state index contributed by atoms with van der Waals surface area (Å²) in [5.41, 5.74) is 7.65. The minimum atomic E-state index is 0.226. The Morgan fingerprint density at radius 2 is 1.31 bits per heavy atom. The maximum absolute atomic E-state index is 11.5. The fraction of sp³-hybridized carbons (Fsp3) is 0.303. The second-order valence-electron chi connectivity index (χ2n) is 9.39. The van der Waals surface area contributed by atoms with Crippen LogP contribution < -0.4 is 14.2 Å². The molecule has 3 aromatic carbocycles. The number of terminal acetylenes is 1. The molecule has 3 aromatic rings. The van der Waals surface area contributed by atoms with E-state index in [-0.39, 0.29) is 5.75 Å². The quantitative estimate of drug-likeness (QED) is 0.281. The fourth-order valence-electron chi connectivity index (χ4n) is 4.91. The van der Waals surface area contributed by atoms with Crippen LogP contribution in [-0.4, -0.2) is 38.1 Å². The Labute approximate surface area is 240 Å². The summed E-state index contributed by atoms with van der Waals surface area (Å²) in [6.45, 7) is 4.09. The van der Waals surface area contributed by atoms with E-state index in [1.807, 2.05) is 37.3 Å². The number of ether oxygens (including phenoxy) is 4. The van der Waals surface area contributed by atoms with Gasteiger partial charge < -0.3 is 4.74 Å². The molecule has 0 heterocycles. The number of phenolic OH excluding ortho intramolecular Hbond substituents is 1. The van der Waals surface area contributed by atoms with Gasteiger partial charge in [0.2, 0.25) is 0 Å². The molecule has 0 amide bonds. The van der Waals surface area contributed by atoms with Gasteiger partial charge in [-0.2, -0.15) is 0 Å². The second-order valence-corrected chi connectivity index (χ2v) is 10.0. The Hall–Kier alpha value is -3.48. The van der Waals surface area contributed by atoms with Crippen molar-refractivity contribution in [1.82, 2.24) is 0 Å². The number of allylic oxidation sites excluding steroid dienone is 1. The summed E-state index contributed by atoms with van der Waals surface area (Å²) < 4.78 is 23.1. The van der Waals surface area contributed by atoms with E-state index in [4.69, 9.17) is 25.4 Å². The van der Waals surface area contributed by atoms with Crippen molar-refractivity contribution in [3.63, 3.8) is 0 Å². The van der Waals surface area contributed by atoms with Gasteiger partial charge in [0.25, 0.3) is 0 Å². The maximum Gasteiger partial charge on any atom is 0.126 e. The van der Waals surface area contributed by atoms with Crippen molar-refractivity contribution < 1.29 is 39.9 Å². The molecule has 0 aromatic heterocycles. The van der Waals surface area contributed by atoms with Crippen molar-refractivity contribution >= 4 is 4.57 Å². The maximum atomic E-state index is 11.5. The molecule has 0 atom stereocenters. The minimum Gasteiger partial charge on any atom is -0.496 e. The Bertz CT molecular complexity index is 1410. The number of aromatic hydroxyl groups is 1. The summed E-state index contributed by atoms with van der Waals surface area (Å²) >= 11 is 2.88. The van der Waals surface area contributed by atoms with Gasteiger partial charge in [-0.05, 0) is 12.5 Å². The first-order valence-corrected chi connectivity index (χ1v) is 13.3. The second kappa shape index (κ2) is 14.1. The van der Waals surface area contributed by atoms with Crippen LogP contribution in [0.1, 0.15) is 44.5 Å². The van der Waals surface area contributed by atoms with Gasteiger partial charge in [-0.1, -0.05) is 17.7 Å². The van der Waals surface area contributed by atoms with Crippen LogP contribution >= 0.6 is 0 Å². The van der Waals surface area contributed by atoms with Crippen molar-refractivity contribution in [3.8, 4) is 35.3 Å². The van der Waals surface area contributed by atoms with Gasteiger partial charge in [-0.25, -0.2) is 0 Å². The first kappa shape index (κ1) is 30.1. The SMILES string of the molecule is C#CCc1cc(C)cc(Cc2cc(OC)cc(Cc3cc(C)cc(C/C=C/[C](=[Cr])OC)c3OC)c2O)c1OC. The van der Waals surface area contributed by atoms with E-state index in [0.29, 0.717) is 36.0 Å². The molecule has 39 heavy (non-hydrogen) atoms. The summed E-state index contributed by atoms with van der Waals surface area (Å²) in [7, 11) is 6.58. The number of phenols is 1. The van der Waals surface area contributed by atoms with Gasteiger partial charge in [0.05, 0.1) is 14.2 Å². The smallest absolute Gasteiger partial charge is 0.126 e. The van der Waals surface area contributed by atoms with E-state index in [9.17, 15) is 5.11 Å². The number of methoxy groups -OCH3 is 4. The molecule has 204 valence electrons. The molecule has 0 aliphatic rings. The third kappa shape index (κ3) is 7.55. The molecule has 0 aliphatic heterocycles. The molecule has 6 heteroatoms. The predicted octanol–water partition coefficient (Wildman–Crippen LogP) is 5.81. The van der Waals surface area contributed by atoms with Crippen molar-refractivity contribution in [2.75, 3.05) is 28.4 Å². The summed E-state index contributed by atoms with van der Waals surface area (Å²) in [6.07, 6.45) is 11.6. The third-order valence-corrected chi connectivity index (χ3v) is 6.98. The predicted molar refractivity (Wildman–Crippen MR) is 153 cm³/mol. The molecule has 3 rings (SSSR count). The van der Waals surface area contributed by atoms with Crippen molar-refractivity contribution in [2.45, 2.75) is 39.5 Å². The van der Waals surface area contributed by atoms with Crippen LogP contribution in [0.4, 0.5) is 0 Å². The summed E-state index contributed by atoms with van der Waals surface area (Å²) in [5, 5.41) is 11.5. The van der Waals surface area contributed by atoms with Crippen LogP contribution in [0.3, 0.4) is 0 Å². The first-order chi connectivity index (χ1) is 18.7. The fourth-order valence-corrected chi connectivity index (χ4v) is 5.06. The van der Waals surface area contributed by atoms with E-state index in [1.165, 1.54) is 0 Å². The molecule has 0 aliphatic carbocycles. The average molecular weight is 565 g/mol. The van der Waals surface area contributed by atoms with Crippen LogP contribution in [0.2, 0.25) is 0 Å². The van der Waals surface area contributed by atoms with Crippen LogP contribution in [0.5, 0.6) is 23.0 Å². The Balaban J connectivity index is 2.04. The zero-order valence-corrected chi connectivity index (χ0v) is 24.8. The molecule has 0 bridgehead atoms. The average Bonchev–Trinajstić information content (AvgIpc) is 2.90. The summed E-state index contributed by atoms with van der Waals surface area (Å²) in [4.78, 5) is 0. The Kier molecular flexibility index (Phi) is 10.8. The molecule has 0 saturated heterocycles. The van der Waals surface area contributed by atoms with Crippen molar-refractivity contribution in [3.05, 3.63) is 93.1 Å². The number of hydrogen-bond donors (Lipinski definition) is 1. The first-order valence-electron chi connectivity index (χ1n) is 12.6. The van der Waals surface area contributed by atoms with E-state index in [2.05, 4.69) is 46.9 Å². The number of aryl methyl sites for hydroxylation is 2. The van der Waals surface area contributed by atoms with Crippen molar-refractivity contribution in [1.29, 1.82) is 0 Å². The zero-order valence-electron chi connectivity index (χ0n) is 23.5. The zero-order chi connectivity index (χ0) is 28.5. The Morgan fingerprint density at radius 1 is 0.795 bits per heavy atom. The number of benzene rings is 3. The molecule has 0 spiro atoms. The van der Waals surface area contributed by atoms with Crippen LogP contribution in [-0.2, 0) is 46.3 Å². The van der Waals surface area contributed by atoms with Crippen LogP contribution in [0.25, 0.3) is 0 Å². The minimum absolute atomic E-state index is 0.226. The largest absolute Gasteiger partial charge is 0.496 e. The van der Waals surface area contributed by atoms with Gasteiger partial charge in [0.1, 0.15) is 5.75 Å². The third-order valence-electron chi connectivity index (χ3n) is 6.51. The monoisotopic (exact) mass is 564 g/mol. The summed E-state index contributed by atoms with van der Waals surface area (Å²) in [5.74, 6) is 5.15. The van der Waals surface area contributed by atoms with Gasteiger partial charge in [0.15, 0.2) is 0 Å².